The van der Waals surface area contributed by atoms with Gasteiger partial charge in [-0.25, -0.2) is 9.97 Å². The SMILES string of the molecule is CCCC(O)Cc1ncc(C)cn1. The molecule has 1 rings (SSSR count). The van der Waals surface area contributed by atoms with E-state index in [2.05, 4.69) is 16.9 Å². The second-order valence-corrected chi connectivity index (χ2v) is 3.32. The third-order valence-corrected chi connectivity index (χ3v) is 1.87. The summed E-state index contributed by atoms with van der Waals surface area (Å²) < 4.78 is 0. The molecule has 0 aliphatic heterocycles. The van der Waals surface area contributed by atoms with Crippen molar-refractivity contribution in [3.63, 3.8) is 0 Å². The zero-order chi connectivity index (χ0) is 9.68. The van der Waals surface area contributed by atoms with E-state index in [1.807, 2.05) is 6.92 Å². The molecular formula is C10H16N2O. The van der Waals surface area contributed by atoms with Crippen LogP contribution in [0.4, 0.5) is 0 Å². The number of aliphatic hydroxyl groups excluding tert-OH is 1. The summed E-state index contributed by atoms with van der Waals surface area (Å²) in [6.45, 7) is 4.01. The summed E-state index contributed by atoms with van der Waals surface area (Å²) in [5, 5.41) is 9.49. The molecule has 72 valence electrons. The van der Waals surface area contributed by atoms with Gasteiger partial charge >= 0.3 is 0 Å². The average molecular weight is 180 g/mol. The van der Waals surface area contributed by atoms with Crippen molar-refractivity contribution in [3.05, 3.63) is 23.8 Å². The maximum absolute atomic E-state index is 9.49. The van der Waals surface area contributed by atoms with Crippen LogP contribution in [0.1, 0.15) is 31.2 Å². The second-order valence-electron chi connectivity index (χ2n) is 3.32. The van der Waals surface area contributed by atoms with E-state index in [4.69, 9.17) is 0 Å². The Morgan fingerprint density at radius 3 is 2.54 bits per heavy atom. The largest absolute Gasteiger partial charge is 0.393 e. The molecule has 3 heteroatoms. The number of aliphatic hydroxyl groups is 1. The summed E-state index contributed by atoms with van der Waals surface area (Å²) >= 11 is 0. The van der Waals surface area contributed by atoms with E-state index in [0.29, 0.717) is 6.42 Å². The van der Waals surface area contributed by atoms with Gasteiger partial charge in [-0.3, -0.25) is 0 Å². The number of rotatable bonds is 4. The Bertz CT molecular complexity index is 246. The third-order valence-electron chi connectivity index (χ3n) is 1.87. The van der Waals surface area contributed by atoms with E-state index in [-0.39, 0.29) is 6.10 Å². The average Bonchev–Trinajstić information content (AvgIpc) is 2.09. The monoisotopic (exact) mass is 180 g/mol. The van der Waals surface area contributed by atoms with Crippen molar-refractivity contribution in [2.24, 2.45) is 0 Å². The fourth-order valence-electron chi connectivity index (χ4n) is 1.17. The van der Waals surface area contributed by atoms with Crippen LogP contribution in [0.5, 0.6) is 0 Å². The molecule has 1 unspecified atom stereocenters. The van der Waals surface area contributed by atoms with Gasteiger partial charge in [0.1, 0.15) is 5.82 Å². The van der Waals surface area contributed by atoms with Crippen molar-refractivity contribution >= 4 is 0 Å². The van der Waals surface area contributed by atoms with Gasteiger partial charge in [0.2, 0.25) is 0 Å². The molecule has 1 N–H and O–H groups in total. The van der Waals surface area contributed by atoms with Crippen molar-refractivity contribution in [2.75, 3.05) is 0 Å². The molecule has 1 atom stereocenters. The summed E-state index contributed by atoms with van der Waals surface area (Å²) in [5.74, 6) is 0.728. The lowest BCUT2D eigenvalue weighted by Crippen LogP contribution is -2.12. The molecule has 1 heterocycles. The molecule has 0 fully saturated rings. The number of aromatic nitrogens is 2. The Morgan fingerprint density at radius 1 is 1.38 bits per heavy atom. The molecule has 1 aromatic heterocycles. The molecule has 0 spiro atoms. The molecule has 3 nitrogen and oxygen atoms in total. The molecule has 0 bridgehead atoms. The minimum atomic E-state index is -0.298. The molecule has 0 amide bonds. The first-order chi connectivity index (χ1) is 6.22. The lowest BCUT2D eigenvalue weighted by atomic mass is 10.1. The molecule has 0 aromatic carbocycles. The van der Waals surface area contributed by atoms with E-state index in [0.717, 1.165) is 24.2 Å². The van der Waals surface area contributed by atoms with E-state index in [9.17, 15) is 5.11 Å². The van der Waals surface area contributed by atoms with Gasteiger partial charge in [0.15, 0.2) is 0 Å². The van der Waals surface area contributed by atoms with E-state index < -0.39 is 0 Å². The molecule has 1 aromatic rings. The van der Waals surface area contributed by atoms with Crippen LogP contribution in [0, 0.1) is 6.92 Å². The van der Waals surface area contributed by atoms with Crippen molar-refractivity contribution in [3.8, 4) is 0 Å². The number of nitrogens with zero attached hydrogens (tertiary/aromatic N) is 2. The summed E-state index contributed by atoms with van der Waals surface area (Å²) in [7, 11) is 0. The zero-order valence-corrected chi connectivity index (χ0v) is 8.20. The smallest absolute Gasteiger partial charge is 0.130 e. The molecule has 0 aliphatic rings. The summed E-state index contributed by atoms with van der Waals surface area (Å²) in [4.78, 5) is 8.26. The van der Waals surface area contributed by atoms with Crippen LogP contribution in [0.2, 0.25) is 0 Å². The Hall–Kier alpha value is -0.960. The lowest BCUT2D eigenvalue weighted by molar-refractivity contribution is 0.161. The Kier molecular flexibility index (Phi) is 3.83. The van der Waals surface area contributed by atoms with Gasteiger partial charge in [-0.2, -0.15) is 0 Å². The standard InChI is InChI=1S/C10H16N2O/c1-3-4-9(13)5-10-11-6-8(2)7-12-10/h6-7,9,13H,3-5H2,1-2H3. The van der Waals surface area contributed by atoms with Crippen molar-refractivity contribution < 1.29 is 5.11 Å². The maximum atomic E-state index is 9.49. The summed E-state index contributed by atoms with van der Waals surface area (Å²) in [5.41, 5.74) is 1.05. The number of hydrogen-bond acceptors (Lipinski definition) is 3. The van der Waals surface area contributed by atoms with Crippen LogP contribution in [-0.2, 0) is 6.42 Å². The number of hydrogen-bond donors (Lipinski definition) is 1. The Labute approximate surface area is 78.9 Å². The minimum absolute atomic E-state index is 0.298. The normalized spacial score (nSPS) is 12.8. The van der Waals surface area contributed by atoms with Gasteiger partial charge in [0.05, 0.1) is 6.10 Å². The van der Waals surface area contributed by atoms with Crippen LogP contribution in [0.15, 0.2) is 12.4 Å². The zero-order valence-electron chi connectivity index (χ0n) is 8.20. The quantitative estimate of drug-likeness (QED) is 0.763. The van der Waals surface area contributed by atoms with Crippen LogP contribution in [-0.4, -0.2) is 21.2 Å². The molecule has 0 saturated heterocycles. The predicted molar refractivity (Wildman–Crippen MR) is 51.4 cm³/mol. The van der Waals surface area contributed by atoms with Crippen molar-refractivity contribution in [1.29, 1.82) is 0 Å². The van der Waals surface area contributed by atoms with Crippen LogP contribution >= 0.6 is 0 Å². The fraction of sp³-hybridized carbons (Fsp3) is 0.600. The van der Waals surface area contributed by atoms with Gasteiger partial charge < -0.3 is 5.11 Å². The minimum Gasteiger partial charge on any atom is -0.393 e. The topological polar surface area (TPSA) is 46.0 Å². The molecule has 0 radical (unpaired) electrons. The third kappa shape index (κ3) is 3.51. The van der Waals surface area contributed by atoms with Crippen LogP contribution in [0.25, 0.3) is 0 Å². The van der Waals surface area contributed by atoms with Crippen molar-refractivity contribution in [2.45, 2.75) is 39.2 Å². The Balaban J connectivity index is 2.49. The summed E-state index contributed by atoms with van der Waals surface area (Å²) in [6, 6.07) is 0. The first-order valence-electron chi connectivity index (χ1n) is 4.68. The van der Waals surface area contributed by atoms with Gasteiger partial charge in [-0.1, -0.05) is 13.3 Å². The highest BCUT2D eigenvalue weighted by molar-refractivity contribution is 5.02. The Morgan fingerprint density at radius 2 is 2.00 bits per heavy atom. The molecule has 0 saturated carbocycles. The van der Waals surface area contributed by atoms with Crippen LogP contribution in [0.3, 0.4) is 0 Å². The summed E-state index contributed by atoms with van der Waals surface area (Å²) in [6.07, 6.45) is 5.63. The molecular weight excluding hydrogens is 164 g/mol. The number of aryl methyl sites for hydroxylation is 1. The first kappa shape index (κ1) is 10.1. The van der Waals surface area contributed by atoms with Gasteiger partial charge in [-0.15, -0.1) is 0 Å². The van der Waals surface area contributed by atoms with Crippen molar-refractivity contribution in [1.82, 2.24) is 9.97 Å². The fourth-order valence-corrected chi connectivity index (χ4v) is 1.17. The van der Waals surface area contributed by atoms with Gasteiger partial charge in [0.25, 0.3) is 0 Å². The second kappa shape index (κ2) is 4.92. The van der Waals surface area contributed by atoms with Gasteiger partial charge in [0, 0.05) is 18.8 Å². The molecule has 13 heavy (non-hydrogen) atoms. The van der Waals surface area contributed by atoms with E-state index >= 15 is 0 Å². The lowest BCUT2D eigenvalue weighted by Gasteiger charge is -2.07. The van der Waals surface area contributed by atoms with Gasteiger partial charge in [-0.05, 0) is 18.9 Å². The highest BCUT2D eigenvalue weighted by Crippen LogP contribution is 2.03. The van der Waals surface area contributed by atoms with E-state index in [1.54, 1.807) is 12.4 Å². The highest BCUT2D eigenvalue weighted by atomic mass is 16.3. The van der Waals surface area contributed by atoms with E-state index in [1.165, 1.54) is 0 Å². The van der Waals surface area contributed by atoms with Crippen LogP contribution < -0.4 is 0 Å². The predicted octanol–water partition coefficient (Wildman–Crippen LogP) is 1.49. The molecule has 0 aliphatic carbocycles. The first-order valence-corrected chi connectivity index (χ1v) is 4.68. The maximum Gasteiger partial charge on any atom is 0.130 e. The highest BCUT2D eigenvalue weighted by Gasteiger charge is 2.05.